The Balaban J connectivity index is 1.61. The molecule has 0 atom stereocenters. The maximum absolute atomic E-state index is 12.3. The number of hydrogen-bond donors (Lipinski definition) is 1. The van der Waals surface area contributed by atoms with E-state index in [-0.39, 0.29) is 24.6 Å². The summed E-state index contributed by atoms with van der Waals surface area (Å²) in [7, 11) is 0. The fraction of sp³-hybridized carbons (Fsp3) is 0.235. The standard InChI is InChI=1S/C17H15BrCl2N6O3/c1-10-15(26(28)29)7-21-25(10)5-4-16(27)22-17-13(18)9-24(23-17)8-11-2-3-12(19)6-14(11)20/h2-3,6-7,9H,4-5,8H2,1H3,(H,22,23,27). The van der Waals surface area contributed by atoms with Crippen LogP contribution in [0.4, 0.5) is 11.5 Å². The lowest BCUT2D eigenvalue weighted by atomic mass is 10.2. The fourth-order valence-electron chi connectivity index (χ4n) is 2.63. The van der Waals surface area contributed by atoms with Gasteiger partial charge < -0.3 is 5.32 Å². The summed E-state index contributed by atoms with van der Waals surface area (Å²) in [4.78, 5) is 22.6. The van der Waals surface area contributed by atoms with Crippen LogP contribution < -0.4 is 5.32 Å². The second-order valence-corrected chi connectivity index (χ2v) is 7.85. The van der Waals surface area contributed by atoms with Crippen LogP contribution in [0.3, 0.4) is 0 Å². The molecule has 0 saturated carbocycles. The molecule has 0 aliphatic carbocycles. The first-order valence-corrected chi connectivity index (χ1v) is 9.93. The van der Waals surface area contributed by atoms with Gasteiger partial charge >= 0.3 is 5.69 Å². The lowest BCUT2D eigenvalue weighted by Gasteiger charge is -2.06. The normalized spacial score (nSPS) is 10.9. The molecule has 2 aromatic heterocycles. The van der Waals surface area contributed by atoms with E-state index in [9.17, 15) is 14.9 Å². The number of nitrogens with one attached hydrogen (secondary N) is 1. The highest BCUT2D eigenvalue weighted by Gasteiger charge is 2.17. The number of amides is 1. The molecular formula is C17H15BrCl2N6O3. The number of aryl methyl sites for hydroxylation is 1. The molecule has 152 valence electrons. The summed E-state index contributed by atoms with van der Waals surface area (Å²) in [5, 5.41) is 22.9. The van der Waals surface area contributed by atoms with Gasteiger partial charge in [-0.25, -0.2) is 0 Å². The Morgan fingerprint density at radius 1 is 1.38 bits per heavy atom. The zero-order valence-corrected chi connectivity index (χ0v) is 18.2. The third kappa shape index (κ3) is 5.14. The van der Waals surface area contributed by atoms with Crippen LogP contribution in [-0.2, 0) is 17.9 Å². The number of benzene rings is 1. The summed E-state index contributed by atoms with van der Waals surface area (Å²) in [6, 6.07) is 5.21. The van der Waals surface area contributed by atoms with Crippen molar-refractivity contribution in [1.29, 1.82) is 0 Å². The molecule has 1 amide bonds. The summed E-state index contributed by atoms with van der Waals surface area (Å²) in [5.41, 5.74) is 1.15. The van der Waals surface area contributed by atoms with E-state index in [1.54, 1.807) is 29.9 Å². The number of rotatable bonds is 7. The van der Waals surface area contributed by atoms with Gasteiger partial charge in [-0.15, -0.1) is 0 Å². The summed E-state index contributed by atoms with van der Waals surface area (Å²) >= 11 is 15.5. The molecule has 0 spiro atoms. The third-order valence-electron chi connectivity index (χ3n) is 4.15. The summed E-state index contributed by atoms with van der Waals surface area (Å²) in [6.45, 7) is 2.20. The Morgan fingerprint density at radius 2 is 2.14 bits per heavy atom. The first-order chi connectivity index (χ1) is 13.7. The van der Waals surface area contributed by atoms with Gasteiger partial charge in [-0.1, -0.05) is 29.3 Å². The molecule has 12 heteroatoms. The smallest absolute Gasteiger partial charge is 0.308 e. The summed E-state index contributed by atoms with van der Waals surface area (Å²) in [5.74, 6) is 0.0706. The monoisotopic (exact) mass is 500 g/mol. The molecule has 0 unspecified atom stereocenters. The molecule has 3 aromatic rings. The van der Waals surface area contributed by atoms with Crippen LogP contribution in [0.25, 0.3) is 0 Å². The van der Waals surface area contributed by atoms with E-state index in [1.807, 2.05) is 6.07 Å². The Kier molecular flexibility index (Phi) is 6.56. The average Bonchev–Trinajstić information content (AvgIpc) is 3.18. The van der Waals surface area contributed by atoms with Crippen LogP contribution in [0.1, 0.15) is 17.7 Å². The van der Waals surface area contributed by atoms with Crippen molar-refractivity contribution >= 4 is 56.5 Å². The predicted octanol–water partition coefficient (Wildman–Crippen LogP) is 4.44. The number of carbonyl (C=O) groups is 1. The van der Waals surface area contributed by atoms with Crippen molar-refractivity contribution in [1.82, 2.24) is 19.6 Å². The Morgan fingerprint density at radius 3 is 2.79 bits per heavy atom. The van der Waals surface area contributed by atoms with Gasteiger partial charge in [0.2, 0.25) is 5.91 Å². The Bertz CT molecular complexity index is 1080. The van der Waals surface area contributed by atoms with Crippen LogP contribution >= 0.6 is 39.1 Å². The van der Waals surface area contributed by atoms with Gasteiger partial charge in [-0.2, -0.15) is 10.2 Å². The van der Waals surface area contributed by atoms with E-state index >= 15 is 0 Å². The fourth-order valence-corrected chi connectivity index (χ4v) is 3.51. The first kappa shape index (κ1) is 21.3. The van der Waals surface area contributed by atoms with E-state index in [4.69, 9.17) is 23.2 Å². The minimum atomic E-state index is -0.504. The van der Waals surface area contributed by atoms with Crippen molar-refractivity contribution in [3.63, 3.8) is 0 Å². The largest absolute Gasteiger partial charge is 0.309 e. The summed E-state index contributed by atoms with van der Waals surface area (Å²) < 4.78 is 3.67. The van der Waals surface area contributed by atoms with Gasteiger partial charge in [-0.05, 0) is 40.5 Å². The molecule has 9 nitrogen and oxygen atoms in total. The van der Waals surface area contributed by atoms with E-state index in [2.05, 4.69) is 31.4 Å². The van der Waals surface area contributed by atoms with Gasteiger partial charge in [0.05, 0.1) is 22.5 Å². The van der Waals surface area contributed by atoms with Crippen LogP contribution in [0.15, 0.2) is 35.1 Å². The maximum Gasteiger partial charge on any atom is 0.309 e. The molecule has 0 bridgehead atoms. The molecule has 1 aromatic carbocycles. The van der Waals surface area contributed by atoms with Crippen molar-refractivity contribution in [3.8, 4) is 0 Å². The lowest BCUT2D eigenvalue weighted by molar-refractivity contribution is -0.385. The highest BCUT2D eigenvalue weighted by atomic mass is 79.9. The third-order valence-corrected chi connectivity index (χ3v) is 5.31. The molecule has 29 heavy (non-hydrogen) atoms. The SMILES string of the molecule is Cc1c([N+](=O)[O-])cnn1CCC(=O)Nc1nn(Cc2ccc(Cl)cc2Cl)cc1Br. The van der Waals surface area contributed by atoms with Crippen molar-refractivity contribution < 1.29 is 9.72 Å². The molecule has 0 aliphatic heterocycles. The van der Waals surface area contributed by atoms with E-state index in [0.29, 0.717) is 32.6 Å². The van der Waals surface area contributed by atoms with Crippen LogP contribution in [0.5, 0.6) is 0 Å². The number of anilines is 1. The first-order valence-electron chi connectivity index (χ1n) is 8.38. The van der Waals surface area contributed by atoms with Crippen molar-refractivity contribution in [2.45, 2.75) is 26.4 Å². The molecule has 3 rings (SSSR count). The van der Waals surface area contributed by atoms with E-state index < -0.39 is 4.92 Å². The quantitative estimate of drug-likeness (QED) is 0.380. The minimum Gasteiger partial charge on any atom is -0.308 e. The molecule has 0 aliphatic rings. The average molecular weight is 502 g/mol. The summed E-state index contributed by atoms with van der Waals surface area (Å²) in [6.07, 6.45) is 2.98. The van der Waals surface area contributed by atoms with Crippen LogP contribution in [0, 0.1) is 17.0 Å². The molecule has 0 fully saturated rings. The number of hydrogen-bond acceptors (Lipinski definition) is 5. The Hall–Kier alpha value is -2.43. The number of nitrogens with zero attached hydrogens (tertiary/aromatic N) is 5. The minimum absolute atomic E-state index is 0.0762. The van der Waals surface area contributed by atoms with Gasteiger partial charge in [0.15, 0.2) is 5.82 Å². The van der Waals surface area contributed by atoms with Gasteiger partial charge in [0.25, 0.3) is 0 Å². The lowest BCUT2D eigenvalue weighted by Crippen LogP contribution is -2.16. The number of halogens is 3. The second kappa shape index (κ2) is 8.93. The van der Waals surface area contributed by atoms with Gasteiger partial charge in [0.1, 0.15) is 11.9 Å². The van der Waals surface area contributed by atoms with E-state index in [0.717, 1.165) is 5.56 Å². The van der Waals surface area contributed by atoms with Gasteiger partial charge in [0, 0.05) is 22.7 Å². The molecule has 0 radical (unpaired) electrons. The zero-order chi connectivity index (χ0) is 21.1. The molecule has 2 heterocycles. The molecule has 0 saturated heterocycles. The van der Waals surface area contributed by atoms with Crippen LogP contribution in [-0.4, -0.2) is 30.4 Å². The number of nitro groups is 1. The van der Waals surface area contributed by atoms with Crippen molar-refractivity contribution in [3.05, 3.63) is 66.5 Å². The number of carbonyl (C=O) groups excluding carboxylic acids is 1. The second-order valence-electron chi connectivity index (χ2n) is 6.15. The Labute approximate surface area is 183 Å². The topological polar surface area (TPSA) is 108 Å². The number of aromatic nitrogens is 4. The predicted molar refractivity (Wildman–Crippen MR) is 112 cm³/mol. The van der Waals surface area contributed by atoms with Crippen LogP contribution in [0.2, 0.25) is 10.0 Å². The van der Waals surface area contributed by atoms with Crippen molar-refractivity contribution in [2.75, 3.05) is 5.32 Å². The van der Waals surface area contributed by atoms with Gasteiger partial charge in [-0.3, -0.25) is 24.3 Å². The highest BCUT2D eigenvalue weighted by Crippen LogP contribution is 2.25. The molecular weight excluding hydrogens is 487 g/mol. The zero-order valence-electron chi connectivity index (χ0n) is 15.1. The van der Waals surface area contributed by atoms with Crippen molar-refractivity contribution in [2.24, 2.45) is 0 Å². The highest BCUT2D eigenvalue weighted by molar-refractivity contribution is 9.10. The van der Waals surface area contributed by atoms with E-state index in [1.165, 1.54) is 10.9 Å². The molecule has 1 N–H and O–H groups in total. The maximum atomic E-state index is 12.3.